The monoisotopic (exact) mass is 251 g/mol. The molecule has 86 valence electrons. The highest BCUT2D eigenvalue weighted by atomic mass is 35.5. The molecule has 1 aromatic heterocycles. The summed E-state index contributed by atoms with van der Waals surface area (Å²) in [7, 11) is 0. The minimum Gasteiger partial charge on any atom is -0.478 e. The van der Waals surface area contributed by atoms with Crippen LogP contribution in [0.3, 0.4) is 0 Å². The molecule has 1 aromatic carbocycles. The molecule has 0 aliphatic heterocycles. The van der Waals surface area contributed by atoms with E-state index >= 15 is 0 Å². The number of benzene rings is 1. The van der Waals surface area contributed by atoms with E-state index in [1.807, 2.05) is 0 Å². The van der Waals surface area contributed by atoms with Gasteiger partial charge in [0.25, 0.3) is 0 Å². The molecule has 2 rings (SSSR count). The quantitative estimate of drug-likeness (QED) is 0.834. The van der Waals surface area contributed by atoms with Gasteiger partial charge in [-0.2, -0.15) is 0 Å². The second-order valence-corrected chi connectivity index (χ2v) is 3.74. The van der Waals surface area contributed by atoms with Crippen LogP contribution in [0.1, 0.15) is 10.4 Å². The van der Waals surface area contributed by atoms with Gasteiger partial charge in [-0.1, -0.05) is 23.7 Å². The molecule has 17 heavy (non-hydrogen) atoms. The van der Waals surface area contributed by atoms with Gasteiger partial charge in [0, 0.05) is 11.8 Å². The van der Waals surface area contributed by atoms with E-state index in [9.17, 15) is 9.18 Å². The highest BCUT2D eigenvalue weighted by Gasteiger charge is 2.11. The van der Waals surface area contributed by atoms with Gasteiger partial charge >= 0.3 is 5.97 Å². The third-order valence-corrected chi connectivity index (χ3v) is 2.53. The maximum atomic E-state index is 13.0. The fourth-order valence-electron chi connectivity index (χ4n) is 1.42. The zero-order valence-corrected chi connectivity index (χ0v) is 9.28. The lowest BCUT2D eigenvalue weighted by Crippen LogP contribution is -1.99. The molecule has 0 saturated heterocycles. The number of pyridine rings is 1. The third-order valence-electron chi connectivity index (χ3n) is 2.23. The van der Waals surface area contributed by atoms with Crippen LogP contribution in [-0.4, -0.2) is 16.1 Å². The number of rotatable bonds is 2. The van der Waals surface area contributed by atoms with Crippen molar-refractivity contribution in [1.82, 2.24) is 4.98 Å². The zero-order chi connectivity index (χ0) is 12.4. The van der Waals surface area contributed by atoms with Crippen molar-refractivity contribution in [3.8, 4) is 11.1 Å². The highest BCUT2D eigenvalue weighted by molar-refractivity contribution is 6.32. The average Bonchev–Trinajstić information content (AvgIpc) is 2.29. The normalized spacial score (nSPS) is 10.2. The Morgan fingerprint density at radius 2 is 2.06 bits per heavy atom. The first kappa shape index (κ1) is 11.5. The summed E-state index contributed by atoms with van der Waals surface area (Å²) in [6.07, 6.45) is 1.41. The number of nitrogens with zero attached hydrogens (tertiary/aromatic N) is 1. The van der Waals surface area contributed by atoms with Gasteiger partial charge in [0.05, 0.1) is 5.56 Å². The van der Waals surface area contributed by atoms with E-state index in [2.05, 4.69) is 4.98 Å². The Labute approximate surface area is 101 Å². The highest BCUT2D eigenvalue weighted by Crippen LogP contribution is 2.23. The largest absolute Gasteiger partial charge is 0.478 e. The Morgan fingerprint density at radius 1 is 1.29 bits per heavy atom. The van der Waals surface area contributed by atoms with Crippen LogP contribution in [0, 0.1) is 5.82 Å². The SMILES string of the molecule is O=C(O)c1cc(-c2cccc(F)c2)cnc1Cl. The molecule has 0 atom stereocenters. The standard InChI is InChI=1S/C12H7ClFNO2/c13-11-10(12(16)17)5-8(6-15-11)7-2-1-3-9(14)4-7/h1-6H,(H,16,17). The van der Waals surface area contributed by atoms with Crippen LogP contribution in [0.4, 0.5) is 4.39 Å². The van der Waals surface area contributed by atoms with E-state index in [4.69, 9.17) is 16.7 Å². The lowest BCUT2D eigenvalue weighted by Gasteiger charge is -2.04. The van der Waals surface area contributed by atoms with Gasteiger partial charge in [-0.3, -0.25) is 0 Å². The second-order valence-electron chi connectivity index (χ2n) is 3.38. The molecule has 0 aliphatic carbocycles. The van der Waals surface area contributed by atoms with Gasteiger partial charge in [-0.05, 0) is 23.8 Å². The summed E-state index contributed by atoms with van der Waals surface area (Å²) in [4.78, 5) is 14.6. The number of hydrogen-bond donors (Lipinski definition) is 1. The number of carboxylic acids is 1. The summed E-state index contributed by atoms with van der Waals surface area (Å²) in [5.41, 5.74) is 0.955. The Bertz CT molecular complexity index is 586. The smallest absolute Gasteiger partial charge is 0.338 e. The molecule has 0 bridgehead atoms. The van der Waals surface area contributed by atoms with Crippen molar-refractivity contribution in [2.45, 2.75) is 0 Å². The van der Waals surface area contributed by atoms with E-state index < -0.39 is 11.8 Å². The lowest BCUT2D eigenvalue weighted by molar-refractivity contribution is 0.0696. The molecule has 2 aromatic rings. The first-order chi connectivity index (χ1) is 8.08. The maximum absolute atomic E-state index is 13.0. The van der Waals surface area contributed by atoms with Crippen LogP contribution in [0.2, 0.25) is 5.15 Å². The Hall–Kier alpha value is -1.94. The Kier molecular flexibility index (Phi) is 3.06. The molecule has 0 amide bonds. The molecule has 1 heterocycles. The summed E-state index contributed by atoms with van der Waals surface area (Å²) < 4.78 is 13.0. The summed E-state index contributed by atoms with van der Waals surface area (Å²) in [5.74, 6) is -1.56. The van der Waals surface area contributed by atoms with Gasteiger partial charge in [-0.15, -0.1) is 0 Å². The number of halogens is 2. The van der Waals surface area contributed by atoms with E-state index in [0.29, 0.717) is 11.1 Å². The van der Waals surface area contributed by atoms with E-state index in [-0.39, 0.29) is 10.7 Å². The Morgan fingerprint density at radius 3 is 2.71 bits per heavy atom. The fourth-order valence-corrected chi connectivity index (χ4v) is 1.61. The van der Waals surface area contributed by atoms with Crippen molar-refractivity contribution in [3.63, 3.8) is 0 Å². The van der Waals surface area contributed by atoms with Gasteiger partial charge in [-0.25, -0.2) is 14.2 Å². The van der Waals surface area contributed by atoms with Crippen LogP contribution < -0.4 is 0 Å². The van der Waals surface area contributed by atoms with Crippen LogP contribution in [-0.2, 0) is 0 Å². The predicted molar refractivity (Wildman–Crippen MR) is 61.6 cm³/mol. The molecule has 0 saturated carbocycles. The van der Waals surface area contributed by atoms with Gasteiger partial charge in [0.15, 0.2) is 0 Å². The van der Waals surface area contributed by atoms with Gasteiger partial charge < -0.3 is 5.11 Å². The van der Waals surface area contributed by atoms with E-state index in [0.717, 1.165) is 0 Å². The van der Waals surface area contributed by atoms with Crippen molar-refractivity contribution in [2.24, 2.45) is 0 Å². The van der Waals surface area contributed by atoms with Crippen molar-refractivity contribution in [3.05, 3.63) is 53.1 Å². The number of aromatic carboxylic acids is 1. The number of carbonyl (C=O) groups is 1. The average molecular weight is 252 g/mol. The van der Waals surface area contributed by atoms with Crippen LogP contribution in [0.5, 0.6) is 0 Å². The van der Waals surface area contributed by atoms with Crippen molar-refractivity contribution < 1.29 is 14.3 Å². The molecule has 0 fully saturated rings. The summed E-state index contributed by atoms with van der Waals surface area (Å²) in [6.45, 7) is 0. The maximum Gasteiger partial charge on any atom is 0.338 e. The second kappa shape index (κ2) is 4.51. The Balaban J connectivity index is 2.54. The first-order valence-corrected chi connectivity index (χ1v) is 5.10. The van der Waals surface area contributed by atoms with Crippen LogP contribution in [0.15, 0.2) is 36.5 Å². The van der Waals surface area contributed by atoms with Crippen molar-refractivity contribution in [2.75, 3.05) is 0 Å². The van der Waals surface area contributed by atoms with Crippen molar-refractivity contribution in [1.29, 1.82) is 0 Å². The van der Waals surface area contributed by atoms with Gasteiger partial charge in [0.2, 0.25) is 0 Å². The molecule has 5 heteroatoms. The summed E-state index contributed by atoms with van der Waals surface area (Å²) >= 11 is 5.64. The van der Waals surface area contributed by atoms with E-state index in [1.54, 1.807) is 12.1 Å². The first-order valence-electron chi connectivity index (χ1n) is 4.72. The molecule has 3 nitrogen and oxygen atoms in total. The minimum absolute atomic E-state index is 0.0855. The molecular formula is C12H7ClFNO2. The fraction of sp³-hybridized carbons (Fsp3) is 0. The summed E-state index contributed by atoms with van der Waals surface area (Å²) in [5, 5.41) is 8.81. The van der Waals surface area contributed by atoms with E-state index in [1.165, 1.54) is 24.4 Å². The minimum atomic E-state index is -1.17. The molecule has 0 radical (unpaired) electrons. The van der Waals surface area contributed by atoms with Crippen LogP contribution >= 0.6 is 11.6 Å². The van der Waals surface area contributed by atoms with Crippen molar-refractivity contribution >= 4 is 17.6 Å². The number of hydrogen-bond acceptors (Lipinski definition) is 2. The summed E-state index contributed by atoms with van der Waals surface area (Å²) in [6, 6.07) is 7.19. The number of aromatic nitrogens is 1. The van der Waals surface area contributed by atoms with Gasteiger partial charge in [0.1, 0.15) is 11.0 Å². The lowest BCUT2D eigenvalue weighted by atomic mass is 10.1. The molecular weight excluding hydrogens is 245 g/mol. The molecule has 0 spiro atoms. The molecule has 0 aliphatic rings. The van der Waals surface area contributed by atoms with Crippen LogP contribution in [0.25, 0.3) is 11.1 Å². The number of carboxylic acid groups (broad SMARTS) is 1. The third kappa shape index (κ3) is 2.42. The predicted octanol–water partition coefficient (Wildman–Crippen LogP) is 3.24. The zero-order valence-electron chi connectivity index (χ0n) is 8.52. The topological polar surface area (TPSA) is 50.2 Å². The molecule has 1 N–H and O–H groups in total. The molecule has 0 unspecified atom stereocenters.